The molecule has 1 aromatic rings. The molecule has 0 saturated carbocycles. The van der Waals surface area contributed by atoms with Crippen LogP contribution in [-0.4, -0.2) is 11.0 Å². The van der Waals surface area contributed by atoms with Gasteiger partial charge in [0.25, 0.3) is 0 Å². The Morgan fingerprint density at radius 3 is 2.81 bits per heavy atom. The van der Waals surface area contributed by atoms with Crippen LogP contribution in [-0.2, 0) is 0 Å². The third-order valence-corrected chi connectivity index (χ3v) is 2.83. The minimum atomic E-state index is 0.386. The van der Waals surface area contributed by atoms with Crippen LogP contribution in [0.2, 0.25) is 5.02 Å². The lowest BCUT2D eigenvalue weighted by molar-refractivity contribution is 0.690. The molecule has 0 spiro atoms. The molecule has 0 aliphatic heterocycles. The Morgan fingerprint density at radius 2 is 2.25 bits per heavy atom. The summed E-state index contributed by atoms with van der Waals surface area (Å²) in [6, 6.07) is 5.90. The van der Waals surface area contributed by atoms with Crippen LogP contribution < -0.4 is 11.1 Å². The average Bonchev–Trinajstić information content (AvgIpc) is 2.17. The standard InChI is InChI=1S/C12H17ClN2S/c1-3-4-8(2)15-11-7-9(13)5-6-10(11)12(14)16/h5-8,15H,3-4H2,1-2H3,(H2,14,16). The van der Waals surface area contributed by atoms with Gasteiger partial charge in [-0.3, -0.25) is 0 Å². The quantitative estimate of drug-likeness (QED) is 0.791. The maximum Gasteiger partial charge on any atom is 0.106 e. The second kappa shape index (κ2) is 6.06. The first-order valence-electron chi connectivity index (χ1n) is 5.40. The highest BCUT2D eigenvalue weighted by molar-refractivity contribution is 7.80. The van der Waals surface area contributed by atoms with E-state index in [1.54, 1.807) is 6.07 Å². The molecule has 0 aliphatic carbocycles. The molecule has 0 heterocycles. The van der Waals surface area contributed by atoms with E-state index in [1.807, 2.05) is 12.1 Å². The predicted molar refractivity (Wildman–Crippen MR) is 75.3 cm³/mol. The second-order valence-corrected chi connectivity index (χ2v) is 4.76. The zero-order valence-corrected chi connectivity index (χ0v) is 11.2. The van der Waals surface area contributed by atoms with Crippen LogP contribution in [0.4, 0.5) is 5.69 Å². The Bertz CT molecular complexity index is 379. The molecule has 88 valence electrons. The Morgan fingerprint density at radius 1 is 1.56 bits per heavy atom. The van der Waals surface area contributed by atoms with E-state index >= 15 is 0 Å². The number of thiocarbonyl (C=S) groups is 1. The van der Waals surface area contributed by atoms with E-state index in [4.69, 9.17) is 29.6 Å². The van der Waals surface area contributed by atoms with Crippen LogP contribution in [0.3, 0.4) is 0 Å². The molecule has 0 aliphatic rings. The van der Waals surface area contributed by atoms with Crippen LogP contribution in [0, 0.1) is 0 Å². The molecule has 3 N–H and O–H groups in total. The zero-order chi connectivity index (χ0) is 12.1. The molecule has 0 bridgehead atoms. The van der Waals surface area contributed by atoms with Crippen LogP contribution in [0.1, 0.15) is 32.3 Å². The van der Waals surface area contributed by atoms with E-state index in [1.165, 1.54) is 0 Å². The van der Waals surface area contributed by atoms with Crippen LogP contribution in [0.5, 0.6) is 0 Å². The Labute approximate surface area is 107 Å². The average molecular weight is 257 g/mol. The lowest BCUT2D eigenvalue weighted by Crippen LogP contribution is -2.19. The van der Waals surface area contributed by atoms with Crippen molar-refractivity contribution in [2.24, 2.45) is 5.73 Å². The summed E-state index contributed by atoms with van der Waals surface area (Å²) in [5, 5.41) is 4.07. The smallest absolute Gasteiger partial charge is 0.106 e. The lowest BCUT2D eigenvalue weighted by atomic mass is 10.1. The number of hydrogen-bond donors (Lipinski definition) is 2. The van der Waals surface area contributed by atoms with E-state index in [2.05, 4.69) is 19.2 Å². The summed E-state index contributed by atoms with van der Waals surface area (Å²) in [4.78, 5) is 0.392. The van der Waals surface area contributed by atoms with Crippen LogP contribution in [0.25, 0.3) is 0 Å². The summed E-state index contributed by atoms with van der Waals surface area (Å²) < 4.78 is 0. The van der Waals surface area contributed by atoms with Gasteiger partial charge in [-0.15, -0.1) is 0 Å². The van der Waals surface area contributed by atoms with Gasteiger partial charge in [-0.2, -0.15) is 0 Å². The van der Waals surface area contributed by atoms with E-state index < -0.39 is 0 Å². The van der Waals surface area contributed by atoms with Gasteiger partial charge >= 0.3 is 0 Å². The minimum Gasteiger partial charge on any atom is -0.389 e. The maximum atomic E-state index is 5.96. The highest BCUT2D eigenvalue weighted by atomic mass is 35.5. The number of nitrogens with two attached hydrogens (primary N) is 1. The molecule has 16 heavy (non-hydrogen) atoms. The summed E-state index contributed by atoms with van der Waals surface area (Å²) in [5.41, 5.74) is 7.43. The van der Waals surface area contributed by atoms with Crippen molar-refractivity contribution in [1.29, 1.82) is 0 Å². The fraction of sp³-hybridized carbons (Fsp3) is 0.417. The first-order chi connectivity index (χ1) is 7.54. The first-order valence-corrected chi connectivity index (χ1v) is 6.19. The van der Waals surface area contributed by atoms with E-state index in [0.717, 1.165) is 24.1 Å². The molecule has 0 radical (unpaired) electrons. The monoisotopic (exact) mass is 256 g/mol. The fourth-order valence-corrected chi connectivity index (χ4v) is 1.97. The number of nitrogens with one attached hydrogen (secondary N) is 1. The Kier molecular flexibility index (Phi) is 5.03. The molecule has 1 unspecified atom stereocenters. The summed E-state index contributed by atoms with van der Waals surface area (Å²) in [6.45, 7) is 4.29. The molecule has 1 aromatic carbocycles. The largest absolute Gasteiger partial charge is 0.389 e. The minimum absolute atomic E-state index is 0.386. The molecule has 0 fully saturated rings. The second-order valence-electron chi connectivity index (χ2n) is 3.89. The molecule has 2 nitrogen and oxygen atoms in total. The molecule has 1 rings (SSSR count). The molecular weight excluding hydrogens is 240 g/mol. The molecule has 1 atom stereocenters. The van der Waals surface area contributed by atoms with Gasteiger partial charge in [0.15, 0.2) is 0 Å². The number of halogens is 1. The van der Waals surface area contributed by atoms with Crippen molar-refractivity contribution in [3.8, 4) is 0 Å². The summed E-state index contributed by atoms with van der Waals surface area (Å²) in [7, 11) is 0. The van der Waals surface area contributed by atoms with E-state index in [9.17, 15) is 0 Å². The molecule has 4 heteroatoms. The highest BCUT2D eigenvalue weighted by Gasteiger charge is 2.08. The van der Waals surface area contributed by atoms with Gasteiger partial charge in [0, 0.05) is 22.3 Å². The highest BCUT2D eigenvalue weighted by Crippen LogP contribution is 2.22. The fourth-order valence-electron chi connectivity index (χ4n) is 1.62. The van der Waals surface area contributed by atoms with Crippen molar-refractivity contribution in [3.63, 3.8) is 0 Å². The molecular formula is C12H17ClN2S. The van der Waals surface area contributed by atoms with Crippen LogP contribution in [0.15, 0.2) is 18.2 Å². The zero-order valence-electron chi connectivity index (χ0n) is 9.59. The maximum absolute atomic E-state index is 5.96. The predicted octanol–water partition coefficient (Wildman–Crippen LogP) is 3.57. The molecule has 0 aromatic heterocycles. The van der Waals surface area contributed by atoms with E-state index in [-0.39, 0.29) is 0 Å². The van der Waals surface area contributed by atoms with Gasteiger partial charge < -0.3 is 11.1 Å². The van der Waals surface area contributed by atoms with Crippen molar-refractivity contribution in [1.82, 2.24) is 0 Å². The van der Waals surface area contributed by atoms with Crippen molar-refractivity contribution < 1.29 is 0 Å². The number of benzene rings is 1. The van der Waals surface area contributed by atoms with Gasteiger partial charge in [0.1, 0.15) is 4.99 Å². The third-order valence-electron chi connectivity index (χ3n) is 2.37. The summed E-state index contributed by atoms with van der Waals surface area (Å²) >= 11 is 11.0. The summed E-state index contributed by atoms with van der Waals surface area (Å²) in [6.07, 6.45) is 2.24. The topological polar surface area (TPSA) is 38.0 Å². The first kappa shape index (κ1) is 13.3. The molecule has 0 saturated heterocycles. The summed E-state index contributed by atoms with van der Waals surface area (Å²) in [5.74, 6) is 0. The SMILES string of the molecule is CCCC(C)Nc1cc(Cl)ccc1C(N)=S. The lowest BCUT2D eigenvalue weighted by Gasteiger charge is -2.17. The molecule has 0 amide bonds. The van der Waals surface area contributed by atoms with Crippen molar-refractivity contribution in [2.45, 2.75) is 32.7 Å². The van der Waals surface area contributed by atoms with Crippen LogP contribution >= 0.6 is 23.8 Å². The number of anilines is 1. The van der Waals surface area contributed by atoms with Gasteiger partial charge in [-0.1, -0.05) is 37.2 Å². The Balaban J connectivity index is 2.92. The van der Waals surface area contributed by atoms with Crippen molar-refractivity contribution in [2.75, 3.05) is 5.32 Å². The van der Waals surface area contributed by atoms with Crippen molar-refractivity contribution >= 4 is 34.5 Å². The number of rotatable bonds is 5. The van der Waals surface area contributed by atoms with Gasteiger partial charge in [0.2, 0.25) is 0 Å². The van der Waals surface area contributed by atoms with Gasteiger partial charge in [0.05, 0.1) is 0 Å². The Hall–Kier alpha value is -0.800. The van der Waals surface area contributed by atoms with Gasteiger partial charge in [-0.25, -0.2) is 0 Å². The van der Waals surface area contributed by atoms with E-state index in [0.29, 0.717) is 16.1 Å². The third kappa shape index (κ3) is 3.65. The van der Waals surface area contributed by atoms with Crippen molar-refractivity contribution in [3.05, 3.63) is 28.8 Å². The van der Waals surface area contributed by atoms with Gasteiger partial charge in [-0.05, 0) is 31.5 Å². The normalized spacial score (nSPS) is 12.2. The number of hydrogen-bond acceptors (Lipinski definition) is 2.